The first kappa shape index (κ1) is 35.8. The van der Waals surface area contributed by atoms with Gasteiger partial charge in [-0.05, 0) is 54.3 Å². The van der Waals surface area contributed by atoms with E-state index >= 15 is 0 Å². The first-order valence-corrected chi connectivity index (χ1v) is 18.2. The van der Waals surface area contributed by atoms with E-state index in [1.165, 1.54) is 37.3 Å². The number of nitrogens with one attached hydrogen (secondary N) is 1. The molecule has 0 saturated heterocycles. The van der Waals surface area contributed by atoms with E-state index in [0.717, 1.165) is 42.0 Å². The Hall–Kier alpha value is -4.54. The molecule has 258 valence electrons. The monoisotopic (exact) mass is 703 g/mol. The number of hydrogen-bond acceptors (Lipinski definition) is 6. The van der Waals surface area contributed by atoms with Crippen LogP contribution in [0.3, 0.4) is 0 Å². The first-order chi connectivity index (χ1) is 23.7. The van der Waals surface area contributed by atoms with Gasteiger partial charge in [0.05, 0.1) is 24.8 Å². The molecule has 1 saturated carbocycles. The van der Waals surface area contributed by atoms with Crippen LogP contribution in [0.5, 0.6) is 11.5 Å². The topological polar surface area (TPSA) is 105 Å². The van der Waals surface area contributed by atoms with Crippen LogP contribution in [0.15, 0.2) is 108 Å². The predicted molar refractivity (Wildman–Crippen MR) is 191 cm³/mol. The summed E-state index contributed by atoms with van der Waals surface area (Å²) in [5, 5.41) is 3.65. The number of amides is 2. The molecule has 0 radical (unpaired) electrons. The first-order valence-electron chi connectivity index (χ1n) is 16.4. The molecule has 4 aromatic rings. The van der Waals surface area contributed by atoms with Crippen molar-refractivity contribution in [1.82, 2.24) is 10.2 Å². The molecule has 9 nitrogen and oxygen atoms in total. The maximum absolute atomic E-state index is 14.8. The number of halogens is 1. The highest BCUT2D eigenvalue weighted by molar-refractivity contribution is 7.92. The molecule has 49 heavy (non-hydrogen) atoms. The van der Waals surface area contributed by atoms with Gasteiger partial charge in [-0.25, -0.2) is 8.42 Å². The van der Waals surface area contributed by atoms with Crippen LogP contribution in [0.2, 0.25) is 5.02 Å². The SMILES string of the molecule is COc1ccc(N(CC(=O)N(Cc2ccccc2Cl)[C@@H](Cc2ccccc2)C(=O)NC2CCCCC2)S(=O)(=O)c2ccccc2)cc1OC. The average Bonchev–Trinajstić information content (AvgIpc) is 3.13. The fourth-order valence-electron chi connectivity index (χ4n) is 6.14. The van der Waals surface area contributed by atoms with Crippen molar-refractivity contribution in [2.24, 2.45) is 0 Å². The maximum atomic E-state index is 14.8. The van der Waals surface area contributed by atoms with Crippen molar-refractivity contribution in [2.75, 3.05) is 25.1 Å². The predicted octanol–water partition coefficient (Wildman–Crippen LogP) is 6.64. The average molecular weight is 704 g/mol. The summed E-state index contributed by atoms with van der Waals surface area (Å²) < 4.78 is 40.5. The second kappa shape index (κ2) is 16.7. The summed E-state index contributed by atoms with van der Waals surface area (Å²) in [6.45, 7) is -0.613. The van der Waals surface area contributed by atoms with Gasteiger partial charge >= 0.3 is 0 Å². The van der Waals surface area contributed by atoms with Gasteiger partial charge in [-0.3, -0.25) is 13.9 Å². The van der Waals surface area contributed by atoms with Crippen LogP contribution >= 0.6 is 11.6 Å². The van der Waals surface area contributed by atoms with Crippen LogP contribution in [-0.2, 0) is 32.6 Å². The molecular formula is C38H42ClN3O6S. The number of rotatable bonds is 14. The van der Waals surface area contributed by atoms with Gasteiger partial charge in [-0.15, -0.1) is 0 Å². The minimum atomic E-state index is -4.27. The molecule has 1 aliphatic rings. The number of sulfonamides is 1. The summed E-state index contributed by atoms with van der Waals surface area (Å²) in [6, 6.07) is 28.2. The van der Waals surface area contributed by atoms with Crippen LogP contribution in [-0.4, -0.2) is 58.0 Å². The molecule has 1 atom stereocenters. The lowest BCUT2D eigenvalue weighted by molar-refractivity contribution is -0.140. The van der Waals surface area contributed by atoms with E-state index in [1.54, 1.807) is 48.5 Å². The lowest BCUT2D eigenvalue weighted by Crippen LogP contribution is -2.55. The van der Waals surface area contributed by atoms with E-state index in [2.05, 4.69) is 5.32 Å². The molecule has 4 aromatic carbocycles. The Balaban J connectivity index is 1.59. The molecule has 5 rings (SSSR count). The Morgan fingerprint density at radius 1 is 0.837 bits per heavy atom. The Morgan fingerprint density at radius 2 is 1.47 bits per heavy atom. The van der Waals surface area contributed by atoms with Crippen molar-refractivity contribution in [1.29, 1.82) is 0 Å². The number of nitrogens with zero attached hydrogens (tertiary/aromatic N) is 2. The summed E-state index contributed by atoms with van der Waals surface area (Å²) in [4.78, 5) is 30.5. The summed E-state index contributed by atoms with van der Waals surface area (Å²) in [7, 11) is -1.34. The Kier molecular flexibility index (Phi) is 12.2. The van der Waals surface area contributed by atoms with E-state index < -0.39 is 28.5 Å². The zero-order valence-electron chi connectivity index (χ0n) is 27.8. The molecule has 0 spiro atoms. The molecular weight excluding hydrogens is 662 g/mol. The number of carbonyl (C=O) groups is 2. The van der Waals surface area contributed by atoms with Gasteiger partial charge in [-0.1, -0.05) is 97.6 Å². The van der Waals surface area contributed by atoms with Crippen LogP contribution in [0.1, 0.15) is 43.2 Å². The minimum Gasteiger partial charge on any atom is -0.493 e. The number of hydrogen-bond donors (Lipinski definition) is 1. The Morgan fingerprint density at radius 3 is 2.12 bits per heavy atom. The van der Waals surface area contributed by atoms with Crippen LogP contribution in [0.4, 0.5) is 5.69 Å². The molecule has 0 aliphatic heterocycles. The normalized spacial score (nSPS) is 14.0. The number of carbonyl (C=O) groups excluding carboxylic acids is 2. The molecule has 1 fully saturated rings. The van der Waals surface area contributed by atoms with Crippen molar-refractivity contribution >= 4 is 39.1 Å². The fourth-order valence-corrected chi connectivity index (χ4v) is 7.76. The van der Waals surface area contributed by atoms with Gasteiger partial charge in [0.15, 0.2) is 11.5 Å². The second-order valence-corrected chi connectivity index (χ2v) is 14.3. The third-order valence-electron chi connectivity index (χ3n) is 8.79. The Labute approximate surface area is 293 Å². The van der Waals surface area contributed by atoms with Gasteiger partial charge in [0.2, 0.25) is 11.8 Å². The van der Waals surface area contributed by atoms with Gasteiger partial charge in [-0.2, -0.15) is 0 Å². The van der Waals surface area contributed by atoms with Crippen molar-refractivity contribution < 1.29 is 27.5 Å². The molecule has 0 aromatic heterocycles. The lowest BCUT2D eigenvalue weighted by atomic mass is 9.94. The van der Waals surface area contributed by atoms with E-state index in [1.807, 2.05) is 36.4 Å². The molecule has 0 bridgehead atoms. The molecule has 0 heterocycles. The van der Waals surface area contributed by atoms with E-state index in [-0.39, 0.29) is 35.5 Å². The van der Waals surface area contributed by atoms with E-state index in [4.69, 9.17) is 21.1 Å². The van der Waals surface area contributed by atoms with Crippen molar-refractivity contribution in [2.45, 2.75) is 62.0 Å². The van der Waals surface area contributed by atoms with Crippen molar-refractivity contribution in [3.05, 3.63) is 119 Å². The number of anilines is 1. The molecule has 2 amide bonds. The summed E-state index contributed by atoms with van der Waals surface area (Å²) in [6.07, 6.45) is 5.12. The quantitative estimate of drug-likeness (QED) is 0.158. The summed E-state index contributed by atoms with van der Waals surface area (Å²) in [5.41, 5.74) is 1.68. The zero-order chi connectivity index (χ0) is 34.8. The van der Waals surface area contributed by atoms with Crippen LogP contribution in [0, 0.1) is 0 Å². The number of ether oxygens (including phenoxy) is 2. The molecule has 0 unspecified atom stereocenters. The maximum Gasteiger partial charge on any atom is 0.264 e. The largest absolute Gasteiger partial charge is 0.493 e. The minimum absolute atomic E-state index is 0.00138. The summed E-state index contributed by atoms with van der Waals surface area (Å²) >= 11 is 6.62. The van der Waals surface area contributed by atoms with Crippen LogP contribution in [0.25, 0.3) is 0 Å². The van der Waals surface area contributed by atoms with E-state index in [9.17, 15) is 18.0 Å². The fraction of sp³-hybridized carbons (Fsp3) is 0.316. The van der Waals surface area contributed by atoms with E-state index in [0.29, 0.717) is 22.1 Å². The third kappa shape index (κ3) is 8.93. The highest BCUT2D eigenvalue weighted by Crippen LogP contribution is 2.34. The van der Waals surface area contributed by atoms with Gasteiger partial charge in [0.1, 0.15) is 12.6 Å². The highest BCUT2D eigenvalue weighted by Gasteiger charge is 2.36. The van der Waals surface area contributed by atoms with Gasteiger partial charge in [0.25, 0.3) is 10.0 Å². The van der Waals surface area contributed by atoms with Gasteiger partial charge < -0.3 is 19.7 Å². The standard InChI is InChI=1S/C38H42ClN3O6S/c1-47-35-23-22-31(25-36(35)48-2)42(49(45,46)32-19-10-5-11-20-32)27-37(43)41(26-29-16-12-13-21-33(29)39)34(24-28-14-6-3-7-15-28)38(44)40-30-17-8-4-9-18-30/h3,5-7,10-16,19-23,25,30,34H,4,8-9,17-18,24,26-27H2,1-2H3,(H,40,44)/t34-/m0/s1. The second-order valence-electron chi connectivity index (χ2n) is 12.0. The van der Waals surface area contributed by atoms with Crippen molar-refractivity contribution in [3.63, 3.8) is 0 Å². The molecule has 1 N–H and O–H groups in total. The smallest absolute Gasteiger partial charge is 0.264 e. The summed E-state index contributed by atoms with van der Waals surface area (Å²) in [5.74, 6) is -0.173. The number of benzene rings is 4. The zero-order valence-corrected chi connectivity index (χ0v) is 29.3. The third-order valence-corrected chi connectivity index (χ3v) is 10.9. The highest BCUT2D eigenvalue weighted by atomic mass is 35.5. The Bertz CT molecular complexity index is 1820. The molecule has 11 heteroatoms. The van der Waals surface area contributed by atoms with Gasteiger partial charge in [0, 0.05) is 30.1 Å². The number of methoxy groups -OCH3 is 2. The van der Waals surface area contributed by atoms with Crippen molar-refractivity contribution in [3.8, 4) is 11.5 Å². The van der Waals surface area contributed by atoms with Crippen LogP contribution < -0.4 is 19.1 Å². The lowest BCUT2D eigenvalue weighted by Gasteiger charge is -2.35. The molecule has 1 aliphatic carbocycles.